The fourth-order valence-electron chi connectivity index (χ4n) is 4.11. The highest BCUT2D eigenvalue weighted by molar-refractivity contribution is 6.96. The molecule has 0 saturated carbocycles. The Morgan fingerprint density at radius 3 is 1.70 bits per heavy atom. The van der Waals surface area contributed by atoms with Crippen molar-refractivity contribution in [3.63, 3.8) is 0 Å². The summed E-state index contributed by atoms with van der Waals surface area (Å²) in [6.07, 6.45) is 0. The van der Waals surface area contributed by atoms with Crippen molar-refractivity contribution in [1.82, 2.24) is 0 Å². The van der Waals surface area contributed by atoms with Crippen LogP contribution in [0, 0.1) is 12.8 Å². The van der Waals surface area contributed by atoms with E-state index in [0.29, 0.717) is 5.92 Å². The van der Waals surface area contributed by atoms with Gasteiger partial charge in [-0.15, -0.1) is 0 Å². The van der Waals surface area contributed by atoms with E-state index in [1.807, 2.05) is 0 Å². The van der Waals surface area contributed by atoms with E-state index >= 15 is 0 Å². The van der Waals surface area contributed by atoms with Gasteiger partial charge >= 0.3 is 0 Å². The van der Waals surface area contributed by atoms with Crippen LogP contribution in [0.1, 0.15) is 33.3 Å². The third-order valence-electron chi connectivity index (χ3n) is 5.98. The van der Waals surface area contributed by atoms with Crippen molar-refractivity contribution >= 4 is 26.5 Å². The standard InChI is InChI=1S/C21H34Si2/c1-14-11-19(22(6,7)8)13-20(12-14)23(9,10)21-17(4)15(2)16(3)18(21)5/h11-13,17H,1-10H3. The Hall–Kier alpha value is -0.866. The van der Waals surface area contributed by atoms with E-state index in [2.05, 4.69) is 85.6 Å². The van der Waals surface area contributed by atoms with Crippen molar-refractivity contribution < 1.29 is 0 Å². The third kappa shape index (κ3) is 3.20. The first kappa shape index (κ1) is 18.5. The largest absolute Gasteiger partial charge is 0.108 e. The minimum atomic E-state index is -1.64. The second-order valence-corrected chi connectivity index (χ2v) is 18.5. The highest BCUT2D eigenvalue weighted by Gasteiger charge is 2.38. The van der Waals surface area contributed by atoms with Crippen molar-refractivity contribution in [1.29, 1.82) is 0 Å². The summed E-state index contributed by atoms with van der Waals surface area (Å²) in [6, 6.07) is 7.45. The van der Waals surface area contributed by atoms with Gasteiger partial charge in [0.25, 0.3) is 0 Å². The molecule has 1 aliphatic rings. The smallest absolute Gasteiger partial charge is 0.0662 e. The highest BCUT2D eigenvalue weighted by atomic mass is 28.3. The van der Waals surface area contributed by atoms with Gasteiger partial charge < -0.3 is 0 Å². The Kier molecular flexibility index (Phi) is 4.73. The lowest BCUT2D eigenvalue weighted by atomic mass is 10.1. The van der Waals surface area contributed by atoms with Crippen molar-refractivity contribution in [3.05, 3.63) is 45.7 Å². The number of rotatable bonds is 3. The van der Waals surface area contributed by atoms with Crippen LogP contribution in [0.15, 0.2) is 40.1 Å². The van der Waals surface area contributed by atoms with Crippen molar-refractivity contribution in [2.24, 2.45) is 5.92 Å². The van der Waals surface area contributed by atoms with Gasteiger partial charge in [-0.05, 0) is 39.2 Å². The molecule has 0 fully saturated rings. The third-order valence-corrected chi connectivity index (χ3v) is 11.9. The average molecular weight is 343 g/mol. The van der Waals surface area contributed by atoms with E-state index in [4.69, 9.17) is 0 Å². The zero-order valence-corrected chi connectivity index (χ0v) is 18.8. The summed E-state index contributed by atoms with van der Waals surface area (Å²) in [5.41, 5.74) is 6.12. The van der Waals surface area contributed by atoms with Crippen LogP contribution in [0.5, 0.6) is 0 Å². The van der Waals surface area contributed by atoms with E-state index in [1.165, 1.54) is 11.1 Å². The molecule has 0 aliphatic heterocycles. The van der Waals surface area contributed by atoms with Gasteiger partial charge in [-0.1, -0.05) is 90.1 Å². The van der Waals surface area contributed by atoms with Gasteiger partial charge in [0.05, 0.1) is 8.07 Å². The van der Waals surface area contributed by atoms with Crippen LogP contribution in [0.3, 0.4) is 0 Å². The van der Waals surface area contributed by atoms with E-state index < -0.39 is 16.1 Å². The average Bonchev–Trinajstić information content (AvgIpc) is 2.61. The van der Waals surface area contributed by atoms with Gasteiger partial charge in [0.15, 0.2) is 0 Å². The minimum Gasteiger partial charge on any atom is -0.0662 e. The Bertz CT molecular complexity index is 697. The summed E-state index contributed by atoms with van der Waals surface area (Å²) in [6.45, 7) is 24.1. The van der Waals surface area contributed by atoms with Gasteiger partial charge in [0.1, 0.15) is 8.07 Å². The van der Waals surface area contributed by atoms with E-state index in [0.717, 1.165) is 0 Å². The molecule has 1 aromatic rings. The van der Waals surface area contributed by atoms with Crippen LogP contribution in [-0.2, 0) is 0 Å². The van der Waals surface area contributed by atoms with Crippen molar-refractivity contribution in [3.8, 4) is 0 Å². The molecule has 0 saturated heterocycles. The minimum absolute atomic E-state index is 0.618. The van der Waals surface area contributed by atoms with Crippen LogP contribution in [0.2, 0.25) is 32.7 Å². The molecular formula is C21H34Si2. The summed E-state index contributed by atoms with van der Waals surface area (Å²) in [7, 11) is -2.92. The lowest BCUT2D eigenvalue weighted by Crippen LogP contribution is -2.49. The molecule has 0 spiro atoms. The highest BCUT2D eigenvalue weighted by Crippen LogP contribution is 2.41. The molecule has 0 amide bonds. The lowest BCUT2D eigenvalue weighted by molar-refractivity contribution is 0.849. The first-order valence-corrected chi connectivity index (χ1v) is 15.4. The lowest BCUT2D eigenvalue weighted by Gasteiger charge is -2.32. The Morgan fingerprint density at radius 1 is 0.739 bits per heavy atom. The maximum Gasteiger partial charge on any atom is 0.108 e. The maximum absolute atomic E-state index is 2.56. The van der Waals surface area contributed by atoms with E-state index in [9.17, 15) is 0 Å². The molecule has 2 rings (SSSR count). The normalized spacial score (nSPS) is 19.8. The number of aryl methyl sites for hydroxylation is 1. The zero-order chi connectivity index (χ0) is 17.7. The monoisotopic (exact) mass is 342 g/mol. The molecule has 2 heteroatoms. The van der Waals surface area contributed by atoms with Crippen LogP contribution in [0.25, 0.3) is 0 Å². The fraction of sp³-hybridized carbons (Fsp3) is 0.524. The zero-order valence-electron chi connectivity index (χ0n) is 16.8. The fourth-order valence-corrected chi connectivity index (χ4v) is 9.34. The molecule has 0 nitrogen and oxygen atoms in total. The van der Waals surface area contributed by atoms with Crippen molar-refractivity contribution in [2.45, 2.75) is 67.4 Å². The van der Waals surface area contributed by atoms with Gasteiger partial charge in [0.2, 0.25) is 0 Å². The van der Waals surface area contributed by atoms with Gasteiger partial charge in [-0.25, -0.2) is 0 Å². The second kappa shape index (κ2) is 5.89. The molecule has 1 aliphatic carbocycles. The van der Waals surface area contributed by atoms with Crippen LogP contribution in [-0.4, -0.2) is 16.1 Å². The van der Waals surface area contributed by atoms with Gasteiger partial charge in [-0.2, -0.15) is 0 Å². The predicted octanol–water partition coefficient (Wildman–Crippen LogP) is 5.30. The summed E-state index contributed by atoms with van der Waals surface area (Å²) >= 11 is 0. The summed E-state index contributed by atoms with van der Waals surface area (Å²) in [5, 5.41) is 4.98. The molecule has 126 valence electrons. The van der Waals surface area contributed by atoms with Crippen LogP contribution < -0.4 is 10.4 Å². The molecule has 0 aromatic heterocycles. The summed E-state index contributed by atoms with van der Waals surface area (Å²) < 4.78 is 0. The molecule has 0 N–H and O–H groups in total. The number of benzene rings is 1. The van der Waals surface area contributed by atoms with Gasteiger partial charge in [0, 0.05) is 0 Å². The van der Waals surface area contributed by atoms with E-state index in [-0.39, 0.29) is 0 Å². The second-order valence-electron chi connectivity index (χ2n) is 9.03. The Morgan fingerprint density at radius 2 is 1.26 bits per heavy atom. The van der Waals surface area contributed by atoms with Crippen LogP contribution >= 0.6 is 0 Å². The molecule has 0 radical (unpaired) electrons. The molecule has 1 unspecified atom stereocenters. The maximum atomic E-state index is 2.56. The van der Waals surface area contributed by atoms with Crippen molar-refractivity contribution in [2.75, 3.05) is 0 Å². The van der Waals surface area contributed by atoms with Gasteiger partial charge in [-0.3, -0.25) is 0 Å². The first-order valence-electron chi connectivity index (χ1n) is 8.89. The molecule has 0 heterocycles. The molecule has 23 heavy (non-hydrogen) atoms. The Balaban J connectivity index is 2.60. The SMILES string of the molecule is CC1=C(C)C(C)C([Si](C)(C)c2cc(C)cc([Si](C)(C)C)c2)=C1C. The first-order chi connectivity index (χ1) is 10.4. The summed E-state index contributed by atoms with van der Waals surface area (Å²) in [4.78, 5) is 0. The molecular weight excluding hydrogens is 308 g/mol. The molecule has 1 atom stereocenters. The van der Waals surface area contributed by atoms with E-state index in [1.54, 1.807) is 26.7 Å². The summed E-state index contributed by atoms with van der Waals surface area (Å²) in [5.74, 6) is 0.618. The topological polar surface area (TPSA) is 0 Å². The number of hydrogen-bond donors (Lipinski definition) is 0. The van der Waals surface area contributed by atoms with Crippen LogP contribution in [0.4, 0.5) is 0 Å². The Labute approximate surface area is 145 Å². The molecule has 0 bridgehead atoms. The predicted molar refractivity (Wildman–Crippen MR) is 112 cm³/mol. The number of allylic oxidation sites excluding steroid dienone is 4. The molecule has 1 aromatic carbocycles. The quantitative estimate of drug-likeness (QED) is 0.654. The number of hydrogen-bond acceptors (Lipinski definition) is 0.